The zero-order valence-corrected chi connectivity index (χ0v) is 13.5. The predicted octanol–water partition coefficient (Wildman–Crippen LogP) is 1.83. The van der Waals surface area contributed by atoms with Gasteiger partial charge in [0.1, 0.15) is 11.7 Å². The Morgan fingerprint density at radius 3 is 2.70 bits per heavy atom. The third-order valence-electron chi connectivity index (χ3n) is 3.98. The summed E-state index contributed by atoms with van der Waals surface area (Å²) in [6.45, 7) is 1.85. The molecule has 0 aliphatic carbocycles. The van der Waals surface area contributed by atoms with Crippen molar-refractivity contribution in [1.29, 1.82) is 0 Å². The van der Waals surface area contributed by atoms with Crippen molar-refractivity contribution in [3.63, 3.8) is 0 Å². The van der Waals surface area contributed by atoms with Crippen LogP contribution in [0.25, 0.3) is 0 Å². The number of nitro benzene ring substituents is 1. The number of nitrogens with zero attached hydrogens (tertiary/aromatic N) is 2. The van der Waals surface area contributed by atoms with Crippen molar-refractivity contribution in [2.75, 3.05) is 17.2 Å². The molecule has 0 saturated carbocycles. The topological polar surface area (TPSA) is 118 Å². The lowest BCUT2D eigenvalue weighted by atomic mass is 10.0. The zero-order valence-electron chi connectivity index (χ0n) is 12.6. The van der Waals surface area contributed by atoms with Gasteiger partial charge in [-0.1, -0.05) is 6.92 Å². The Labute approximate surface area is 133 Å². The first-order chi connectivity index (χ1) is 10.8. The molecule has 2 rings (SSSR count). The van der Waals surface area contributed by atoms with Crippen molar-refractivity contribution >= 4 is 27.2 Å². The minimum Gasteiger partial charge on any atom is -0.480 e. The lowest BCUT2D eigenvalue weighted by molar-refractivity contribution is -0.384. The summed E-state index contributed by atoms with van der Waals surface area (Å²) in [5.74, 6) is -1.20. The van der Waals surface area contributed by atoms with Crippen LogP contribution in [0, 0.1) is 10.1 Å². The fourth-order valence-electron chi connectivity index (χ4n) is 2.73. The maximum absolute atomic E-state index is 11.9. The zero-order chi connectivity index (χ0) is 17.2. The maximum atomic E-state index is 11.9. The van der Waals surface area contributed by atoms with Gasteiger partial charge in [-0.05, 0) is 31.4 Å². The number of carboxylic acids is 1. The van der Waals surface area contributed by atoms with E-state index in [-0.39, 0.29) is 22.0 Å². The van der Waals surface area contributed by atoms with Crippen LogP contribution in [0.4, 0.5) is 11.4 Å². The average Bonchev–Trinajstić information content (AvgIpc) is 2.54. The number of hydrogen-bond donors (Lipinski definition) is 1. The van der Waals surface area contributed by atoms with E-state index in [4.69, 9.17) is 0 Å². The average molecular weight is 342 g/mol. The second-order valence-electron chi connectivity index (χ2n) is 5.35. The van der Waals surface area contributed by atoms with Crippen molar-refractivity contribution in [2.45, 2.75) is 37.1 Å². The highest BCUT2D eigenvalue weighted by Gasteiger charge is 2.33. The molecule has 1 atom stereocenters. The second kappa shape index (κ2) is 6.53. The van der Waals surface area contributed by atoms with Gasteiger partial charge in [0.25, 0.3) is 5.69 Å². The number of hydrogen-bond acceptors (Lipinski definition) is 6. The molecule has 1 fully saturated rings. The van der Waals surface area contributed by atoms with E-state index in [9.17, 15) is 28.4 Å². The molecule has 9 heteroatoms. The monoisotopic (exact) mass is 342 g/mol. The molecule has 0 amide bonds. The van der Waals surface area contributed by atoms with Gasteiger partial charge < -0.3 is 10.0 Å². The Kier molecular flexibility index (Phi) is 4.88. The van der Waals surface area contributed by atoms with Gasteiger partial charge in [-0.2, -0.15) is 0 Å². The molecule has 0 bridgehead atoms. The number of carboxylic acid groups (broad SMARTS) is 1. The van der Waals surface area contributed by atoms with Gasteiger partial charge in [0.15, 0.2) is 9.84 Å². The van der Waals surface area contributed by atoms with Crippen LogP contribution in [-0.4, -0.2) is 42.8 Å². The Bertz CT molecular complexity index is 731. The van der Waals surface area contributed by atoms with E-state index in [0.29, 0.717) is 13.0 Å². The number of benzene rings is 1. The summed E-state index contributed by atoms with van der Waals surface area (Å²) in [6, 6.07) is 2.81. The van der Waals surface area contributed by atoms with Gasteiger partial charge in [0, 0.05) is 12.6 Å². The number of nitro groups is 1. The van der Waals surface area contributed by atoms with Crippen molar-refractivity contribution in [3.05, 3.63) is 28.3 Å². The molecule has 1 N–H and O–H groups in total. The summed E-state index contributed by atoms with van der Waals surface area (Å²) in [6.07, 6.45) is 1.88. The molecule has 1 aromatic rings. The molecule has 1 aliphatic heterocycles. The summed E-state index contributed by atoms with van der Waals surface area (Å²) in [4.78, 5) is 23.4. The van der Waals surface area contributed by atoms with E-state index in [1.54, 1.807) is 0 Å². The molecule has 1 saturated heterocycles. The lowest BCUT2D eigenvalue weighted by Crippen LogP contribution is -2.45. The number of aliphatic carboxylic acids is 1. The minimum atomic E-state index is -3.57. The molecule has 126 valence electrons. The fraction of sp³-hybridized carbons (Fsp3) is 0.500. The second-order valence-corrected chi connectivity index (χ2v) is 7.63. The van der Waals surface area contributed by atoms with Gasteiger partial charge in [0.05, 0.1) is 15.6 Å². The minimum absolute atomic E-state index is 0.126. The number of carbonyl (C=O) groups is 1. The van der Waals surface area contributed by atoms with Crippen molar-refractivity contribution in [2.24, 2.45) is 0 Å². The summed E-state index contributed by atoms with van der Waals surface area (Å²) in [7, 11) is -3.57. The smallest absolute Gasteiger partial charge is 0.326 e. The Balaban J connectivity index is 2.54. The van der Waals surface area contributed by atoms with Crippen LogP contribution < -0.4 is 4.90 Å². The summed E-state index contributed by atoms with van der Waals surface area (Å²) in [5, 5.41) is 20.7. The van der Waals surface area contributed by atoms with Gasteiger partial charge >= 0.3 is 5.97 Å². The lowest BCUT2D eigenvalue weighted by Gasteiger charge is -2.34. The van der Waals surface area contributed by atoms with Gasteiger partial charge in [-0.25, -0.2) is 13.2 Å². The quantitative estimate of drug-likeness (QED) is 0.640. The molecule has 8 nitrogen and oxygen atoms in total. The standard InChI is InChI=1S/C14H18N2O6S/c1-2-23(21,22)10-6-7-11(13(9-10)16(19)20)15-8-4-3-5-12(15)14(17)18/h6-7,9,12H,2-5,8H2,1H3,(H,17,18)/t12-/m0/s1. The third-order valence-corrected chi connectivity index (χ3v) is 5.71. The van der Waals surface area contributed by atoms with Gasteiger partial charge in [-0.3, -0.25) is 10.1 Å². The fourth-order valence-corrected chi connectivity index (χ4v) is 3.63. The van der Waals surface area contributed by atoms with Crippen LogP contribution in [0.1, 0.15) is 26.2 Å². The molecule has 1 aromatic carbocycles. The first kappa shape index (κ1) is 17.2. The Morgan fingerprint density at radius 1 is 1.43 bits per heavy atom. The van der Waals surface area contributed by atoms with Gasteiger partial charge in [0.2, 0.25) is 0 Å². The van der Waals surface area contributed by atoms with Crippen LogP contribution in [0.15, 0.2) is 23.1 Å². The molecule has 0 unspecified atom stereocenters. The van der Waals surface area contributed by atoms with Crippen LogP contribution in [0.3, 0.4) is 0 Å². The molecular weight excluding hydrogens is 324 g/mol. The number of rotatable bonds is 5. The third kappa shape index (κ3) is 3.44. The summed E-state index contributed by atoms with van der Waals surface area (Å²) < 4.78 is 23.8. The highest BCUT2D eigenvalue weighted by molar-refractivity contribution is 7.91. The first-order valence-corrected chi connectivity index (χ1v) is 8.93. The van der Waals surface area contributed by atoms with E-state index >= 15 is 0 Å². The van der Waals surface area contributed by atoms with Crippen LogP contribution in [-0.2, 0) is 14.6 Å². The number of anilines is 1. The van der Waals surface area contributed by atoms with Crippen molar-refractivity contribution in [1.82, 2.24) is 0 Å². The molecular formula is C14H18N2O6S. The van der Waals surface area contributed by atoms with E-state index in [2.05, 4.69) is 0 Å². The predicted molar refractivity (Wildman–Crippen MR) is 83.4 cm³/mol. The van der Waals surface area contributed by atoms with Crippen LogP contribution in [0.2, 0.25) is 0 Å². The highest BCUT2D eigenvalue weighted by atomic mass is 32.2. The first-order valence-electron chi connectivity index (χ1n) is 7.28. The van der Waals surface area contributed by atoms with E-state index in [1.165, 1.54) is 24.0 Å². The van der Waals surface area contributed by atoms with Crippen molar-refractivity contribution in [3.8, 4) is 0 Å². The van der Waals surface area contributed by atoms with E-state index < -0.39 is 26.8 Å². The molecule has 1 aliphatic rings. The molecule has 0 aromatic heterocycles. The Morgan fingerprint density at radius 2 is 2.13 bits per heavy atom. The number of sulfone groups is 1. The highest BCUT2D eigenvalue weighted by Crippen LogP contribution is 2.35. The number of piperidine rings is 1. The van der Waals surface area contributed by atoms with Gasteiger partial charge in [-0.15, -0.1) is 0 Å². The Hall–Kier alpha value is -2.16. The van der Waals surface area contributed by atoms with E-state index in [0.717, 1.165) is 18.9 Å². The summed E-state index contributed by atoms with van der Waals surface area (Å²) >= 11 is 0. The summed E-state index contributed by atoms with van der Waals surface area (Å²) in [5.41, 5.74) is -0.232. The molecule has 0 radical (unpaired) electrons. The van der Waals surface area contributed by atoms with Crippen molar-refractivity contribution < 1.29 is 23.2 Å². The normalized spacial score (nSPS) is 18.7. The molecule has 23 heavy (non-hydrogen) atoms. The van der Waals surface area contributed by atoms with Crippen LogP contribution in [0.5, 0.6) is 0 Å². The maximum Gasteiger partial charge on any atom is 0.326 e. The molecule has 1 heterocycles. The molecule has 0 spiro atoms. The largest absolute Gasteiger partial charge is 0.480 e. The SMILES string of the molecule is CCS(=O)(=O)c1ccc(N2CCCC[C@H]2C(=O)O)c([N+](=O)[O-])c1. The van der Waals surface area contributed by atoms with Crippen LogP contribution >= 0.6 is 0 Å². The van der Waals surface area contributed by atoms with E-state index in [1.807, 2.05) is 0 Å².